The van der Waals surface area contributed by atoms with Gasteiger partial charge >= 0.3 is 0 Å². The minimum Gasteiger partial charge on any atom is -0.407 e. The van der Waals surface area contributed by atoms with Crippen molar-refractivity contribution in [1.82, 2.24) is 0 Å². The highest BCUT2D eigenvalue weighted by molar-refractivity contribution is 6.99. The fourth-order valence-electron chi connectivity index (χ4n) is 5.74. The van der Waals surface area contributed by atoms with Crippen LogP contribution in [0.2, 0.25) is 5.04 Å². The van der Waals surface area contributed by atoms with E-state index in [9.17, 15) is 5.11 Å². The highest BCUT2D eigenvalue weighted by Crippen LogP contribution is 2.40. The summed E-state index contributed by atoms with van der Waals surface area (Å²) in [6.07, 6.45) is 2.44. The van der Waals surface area contributed by atoms with Gasteiger partial charge in [0.2, 0.25) is 0 Å². The summed E-state index contributed by atoms with van der Waals surface area (Å²) in [6, 6.07) is 31.9. The van der Waals surface area contributed by atoms with E-state index in [2.05, 4.69) is 93.6 Å². The summed E-state index contributed by atoms with van der Waals surface area (Å²) in [5, 5.41) is 13.4. The van der Waals surface area contributed by atoms with Gasteiger partial charge in [0.1, 0.15) is 0 Å². The zero-order valence-corrected chi connectivity index (χ0v) is 22.4. The molecule has 3 aromatic carbocycles. The van der Waals surface area contributed by atoms with Gasteiger partial charge in [0, 0.05) is 13.2 Å². The number of rotatable bonds is 10. The van der Waals surface area contributed by atoms with E-state index >= 15 is 0 Å². The molecule has 0 bridgehead atoms. The molecule has 0 radical (unpaired) electrons. The van der Waals surface area contributed by atoms with Gasteiger partial charge in [0.05, 0.1) is 12.7 Å². The van der Waals surface area contributed by atoms with Crippen molar-refractivity contribution in [3.8, 4) is 0 Å². The van der Waals surface area contributed by atoms with Crippen LogP contribution in [0.25, 0.3) is 0 Å². The molecule has 0 unspecified atom stereocenters. The molecule has 3 atom stereocenters. The van der Waals surface area contributed by atoms with E-state index in [4.69, 9.17) is 9.16 Å². The second-order valence-corrected chi connectivity index (χ2v) is 15.2. The van der Waals surface area contributed by atoms with Gasteiger partial charge in [-0.2, -0.15) is 0 Å². The van der Waals surface area contributed by atoms with Crippen molar-refractivity contribution < 1.29 is 14.3 Å². The van der Waals surface area contributed by atoms with E-state index in [0.29, 0.717) is 25.7 Å². The standard InChI is InChI=1S/C31H40O3Si/c1-31(2,3)35(27-15-9-5-10-16-27,28-17-11-6-12-18-28)34-24-26-19-20-30(32)29(26)21-22-33-23-25-13-7-4-8-14-25/h4-18,26,29-30,32H,19-24H2,1-3H3/t26-,29-,30+/m0/s1. The van der Waals surface area contributed by atoms with Crippen LogP contribution in [-0.4, -0.2) is 32.7 Å². The van der Waals surface area contributed by atoms with E-state index in [1.54, 1.807) is 0 Å². The molecule has 186 valence electrons. The van der Waals surface area contributed by atoms with E-state index < -0.39 is 8.32 Å². The third kappa shape index (κ3) is 5.95. The average Bonchev–Trinajstić information content (AvgIpc) is 3.22. The van der Waals surface area contributed by atoms with E-state index in [1.807, 2.05) is 18.2 Å². The first-order valence-electron chi connectivity index (χ1n) is 13.0. The van der Waals surface area contributed by atoms with Gasteiger partial charge in [-0.1, -0.05) is 112 Å². The zero-order chi connectivity index (χ0) is 24.7. The minimum atomic E-state index is -2.56. The zero-order valence-electron chi connectivity index (χ0n) is 21.4. The van der Waals surface area contributed by atoms with Crippen LogP contribution in [0.3, 0.4) is 0 Å². The Morgan fingerprint density at radius 1 is 0.800 bits per heavy atom. The molecule has 35 heavy (non-hydrogen) atoms. The molecule has 1 fully saturated rings. The van der Waals surface area contributed by atoms with Gasteiger partial charge in [-0.3, -0.25) is 0 Å². The number of hydrogen-bond donors (Lipinski definition) is 1. The summed E-state index contributed by atoms with van der Waals surface area (Å²) in [5.74, 6) is 0.552. The van der Waals surface area contributed by atoms with Gasteiger partial charge < -0.3 is 14.3 Å². The number of benzene rings is 3. The molecule has 1 aliphatic rings. The van der Waals surface area contributed by atoms with Crippen molar-refractivity contribution >= 4 is 18.7 Å². The Balaban J connectivity index is 1.49. The first-order valence-corrected chi connectivity index (χ1v) is 14.9. The maximum atomic E-state index is 10.8. The predicted octanol–water partition coefficient (Wildman–Crippen LogP) is 5.56. The van der Waals surface area contributed by atoms with Crippen molar-refractivity contribution in [1.29, 1.82) is 0 Å². The van der Waals surface area contributed by atoms with Crippen LogP contribution in [0.15, 0.2) is 91.0 Å². The van der Waals surface area contributed by atoms with E-state index in [-0.39, 0.29) is 17.1 Å². The van der Waals surface area contributed by atoms with E-state index in [1.165, 1.54) is 15.9 Å². The molecule has 0 saturated heterocycles. The first-order chi connectivity index (χ1) is 16.9. The van der Waals surface area contributed by atoms with Gasteiger partial charge in [0.15, 0.2) is 0 Å². The number of aliphatic hydroxyl groups excluding tert-OH is 1. The fraction of sp³-hybridized carbons (Fsp3) is 0.419. The third-order valence-corrected chi connectivity index (χ3v) is 12.6. The lowest BCUT2D eigenvalue weighted by Crippen LogP contribution is -2.67. The van der Waals surface area contributed by atoms with Crippen LogP contribution in [0.5, 0.6) is 0 Å². The summed E-state index contributed by atoms with van der Waals surface area (Å²) < 4.78 is 13.2. The quantitative estimate of drug-likeness (QED) is 0.300. The summed E-state index contributed by atoms with van der Waals surface area (Å²) >= 11 is 0. The second-order valence-electron chi connectivity index (χ2n) is 10.9. The Bertz CT molecular complexity index is 978. The van der Waals surface area contributed by atoms with Crippen LogP contribution >= 0.6 is 0 Å². The van der Waals surface area contributed by atoms with Crippen molar-refractivity contribution in [2.45, 2.75) is 57.8 Å². The smallest absolute Gasteiger partial charge is 0.261 e. The summed E-state index contributed by atoms with van der Waals surface area (Å²) in [4.78, 5) is 0. The van der Waals surface area contributed by atoms with Crippen molar-refractivity contribution in [2.24, 2.45) is 11.8 Å². The van der Waals surface area contributed by atoms with Crippen molar-refractivity contribution in [3.63, 3.8) is 0 Å². The van der Waals surface area contributed by atoms with Crippen molar-refractivity contribution in [2.75, 3.05) is 13.2 Å². The van der Waals surface area contributed by atoms with Crippen LogP contribution in [0.1, 0.15) is 45.6 Å². The Hall–Kier alpha value is -2.24. The second kappa shape index (κ2) is 11.7. The maximum absolute atomic E-state index is 10.8. The highest BCUT2D eigenvalue weighted by Gasteiger charge is 2.51. The van der Waals surface area contributed by atoms with E-state index in [0.717, 1.165) is 19.3 Å². The Labute approximate surface area is 212 Å². The van der Waals surface area contributed by atoms with Crippen LogP contribution in [0.4, 0.5) is 0 Å². The molecule has 1 saturated carbocycles. The summed E-state index contributed by atoms with van der Waals surface area (Å²) in [6.45, 7) is 8.90. The molecule has 0 aromatic heterocycles. The van der Waals surface area contributed by atoms with Crippen LogP contribution in [-0.2, 0) is 15.8 Å². The van der Waals surface area contributed by atoms with Gasteiger partial charge in [0.25, 0.3) is 8.32 Å². The Morgan fingerprint density at radius 3 is 1.89 bits per heavy atom. The SMILES string of the molecule is CC(C)(C)[Si](OC[C@@H]1CC[C@@H](O)[C@H]1CCOCc1ccccc1)(c1ccccc1)c1ccccc1. The molecular weight excluding hydrogens is 448 g/mol. The summed E-state index contributed by atoms with van der Waals surface area (Å²) in [5.41, 5.74) is 1.19. The highest BCUT2D eigenvalue weighted by atomic mass is 28.4. The molecule has 3 aromatic rings. The third-order valence-electron chi connectivity index (χ3n) is 7.57. The van der Waals surface area contributed by atoms with Gasteiger partial charge in [-0.05, 0) is 52.1 Å². The minimum absolute atomic E-state index is 0.0405. The molecule has 3 nitrogen and oxygen atoms in total. The number of hydrogen-bond acceptors (Lipinski definition) is 3. The topological polar surface area (TPSA) is 38.7 Å². The predicted molar refractivity (Wildman–Crippen MR) is 147 cm³/mol. The van der Waals surface area contributed by atoms with Gasteiger partial charge in [-0.25, -0.2) is 0 Å². The molecule has 0 amide bonds. The summed E-state index contributed by atoms with van der Waals surface area (Å²) in [7, 11) is -2.56. The Morgan fingerprint density at radius 2 is 1.34 bits per heavy atom. The van der Waals surface area contributed by atoms with Crippen LogP contribution in [0, 0.1) is 11.8 Å². The lowest BCUT2D eigenvalue weighted by molar-refractivity contribution is 0.0532. The molecular formula is C31H40O3Si. The monoisotopic (exact) mass is 488 g/mol. The maximum Gasteiger partial charge on any atom is 0.261 e. The lowest BCUT2D eigenvalue weighted by atomic mass is 9.92. The largest absolute Gasteiger partial charge is 0.407 e. The fourth-order valence-corrected chi connectivity index (χ4v) is 10.4. The average molecular weight is 489 g/mol. The number of ether oxygens (including phenoxy) is 1. The van der Waals surface area contributed by atoms with Crippen molar-refractivity contribution in [3.05, 3.63) is 96.6 Å². The normalized spacial score (nSPS) is 20.7. The Kier molecular flexibility index (Phi) is 8.61. The number of aliphatic hydroxyl groups is 1. The molecule has 0 aliphatic heterocycles. The van der Waals surface area contributed by atoms with Gasteiger partial charge in [-0.15, -0.1) is 0 Å². The molecule has 1 aliphatic carbocycles. The van der Waals surface area contributed by atoms with Crippen LogP contribution < -0.4 is 10.4 Å². The lowest BCUT2D eigenvalue weighted by Gasteiger charge is -2.44. The first kappa shape index (κ1) is 25.8. The molecule has 0 heterocycles. The molecule has 0 spiro atoms. The molecule has 4 rings (SSSR count). The molecule has 4 heteroatoms. The molecule has 1 N–H and O–H groups in total.